The highest BCUT2D eigenvalue weighted by molar-refractivity contribution is 9.10. The maximum Gasteiger partial charge on any atom is 0.313 e. The number of benzene rings is 1. The molecule has 2 unspecified atom stereocenters. The molecule has 21 heavy (non-hydrogen) atoms. The summed E-state index contributed by atoms with van der Waals surface area (Å²) in [5.41, 5.74) is -1.29. The summed E-state index contributed by atoms with van der Waals surface area (Å²) in [5.74, 6) is -1.11. The highest BCUT2D eigenvalue weighted by atomic mass is 79.9. The number of hydrogen-bond acceptors (Lipinski definition) is 4. The maximum absolute atomic E-state index is 12.3. The van der Waals surface area contributed by atoms with Gasteiger partial charge in [-0.1, -0.05) is 11.6 Å². The molecule has 1 heterocycles. The van der Waals surface area contributed by atoms with Gasteiger partial charge in [-0.2, -0.15) is 0 Å². The van der Waals surface area contributed by atoms with Gasteiger partial charge in [0.05, 0.1) is 29.2 Å². The average molecular weight is 399 g/mol. The van der Waals surface area contributed by atoms with Gasteiger partial charge in [-0.25, -0.2) is 13.1 Å². The van der Waals surface area contributed by atoms with E-state index < -0.39 is 27.4 Å². The molecule has 1 aromatic carbocycles. The Kier molecular flexibility index (Phi) is 4.65. The molecule has 0 spiro atoms. The lowest BCUT2D eigenvalue weighted by atomic mass is 9.86. The molecule has 1 aliphatic rings. The van der Waals surface area contributed by atoms with Crippen molar-refractivity contribution in [3.8, 4) is 0 Å². The minimum Gasteiger partial charge on any atom is -0.481 e. The zero-order chi connectivity index (χ0) is 15.8. The van der Waals surface area contributed by atoms with Gasteiger partial charge < -0.3 is 9.84 Å². The molecule has 0 aliphatic carbocycles. The topological polar surface area (TPSA) is 92.7 Å². The Hall–Kier alpha value is -0.670. The number of halogens is 2. The van der Waals surface area contributed by atoms with Gasteiger partial charge in [0.2, 0.25) is 10.0 Å². The molecule has 116 valence electrons. The third-order valence-corrected chi connectivity index (χ3v) is 6.13. The molecule has 1 aromatic rings. The van der Waals surface area contributed by atoms with E-state index in [1.807, 2.05) is 0 Å². The standard InChI is InChI=1S/C12H13BrClNO5S/c1-12(11(16)17)6-20-5-10(12)15-21(18,19)7-2-3-9(14)8(13)4-7/h2-4,10,15H,5-6H2,1H3,(H,16,17). The van der Waals surface area contributed by atoms with Crippen LogP contribution in [0.1, 0.15) is 6.92 Å². The third kappa shape index (κ3) is 3.24. The summed E-state index contributed by atoms with van der Waals surface area (Å²) in [6, 6.07) is 3.32. The number of ether oxygens (including phenoxy) is 1. The minimum atomic E-state index is -3.87. The van der Waals surface area contributed by atoms with Crippen LogP contribution in [0.25, 0.3) is 0 Å². The molecule has 9 heteroatoms. The lowest BCUT2D eigenvalue weighted by molar-refractivity contribution is -0.148. The Balaban J connectivity index is 2.29. The van der Waals surface area contributed by atoms with Crippen molar-refractivity contribution in [2.24, 2.45) is 5.41 Å². The van der Waals surface area contributed by atoms with E-state index in [9.17, 15) is 18.3 Å². The molecule has 0 saturated carbocycles. The van der Waals surface area contributed by atoms with E-state index in [-0.39, 0.29) is 18.1 Å². The molecule has 0 bridgehead atoms. The first kappa shape index (κ1) is 16.7. The fourth-order valence-corrected chi connectivity index (χ4v) is 3.95. The van der Waals surface area contributed by atoms with E-state index in [0.29, 0.717) is 9.50 Å². The third-order valence-electron chi connectivity index (χ3n) is 3.44. The number of rotatable bonds is 4. The van der Waals surface area contributed by atoms with Crippen LogP contribution in [-0.2, 0) is 19.6 Å². The number of sulfonamides is 1. The minimum absolute atomic E-state index is 0.00147. The Morgan fingerprint density at radius 2 is 2.24 bits per heavy atom. The smallest absolute Gasteiger partial charge is 0.313 e. The number of hydrogen-bond donors (Lipinski definition) is 2. The molecule has 0 amide bonds. The first-order valence-electron chi connectivity index (χ1n) is 5.95. The molecular weight excluding hydrogens is 386 g/mol. The first-order valence-corrected chi connectivity index (χ1v) is 8.61. The molecule has 1 saturated heterocycles. The van der Waals surface area contributed by atoms with Crippen LogP contribution in [0, 0.1) is 5.41 Å². The fourth-order valence-electron chi connectivity index (χ4n) is 1.95. The number of carboxylic acid groups (broad SMARTS) is 1. The molecule has 1 fully saturated rings. The molecular formula is C12H13BrClNO5S. The van der Waals surface area contributed by atoms with Crippen molar-refractivity contribution in [3.63, 3.8) is 0 Å². The SMILES string of the molecule is CC1(C(=O)O)COCC1NS(=O)(=O)c1ccc(Cl)c(Br)c1. The van der Waals surface area contributed by atoms with E-state index in [1.165, 1.54) is 25.1 Å². The van der Waals surface area contributed by atoms with Crippen molar-refractivity contribution < 1.29 is 23.1 Å². The summed E-state index contributed by atoms with van der Waals surface area (Å²) in [6.07, 6.45) is 0. The van der Waals surface area contributed by atoms with Gasteiger partial charge >= 0.3 is 5.97 Å². The van der Waals surface area contributed by atoms with Crippen LogP contribution < -0.4 is 4.72 Å². The molecule has 1 aliphatic heterocycles. The first-order chi connectivity index (χ1) is 9.67. The van der Waals surface area contributed by atoms with E-state index in [4.69, 9.17) is 16.3 Å². The van der Waals surface area contributed by atoms with Crippen LogP contribution in [0.2, 0.25) is 5.02 Å². The van der Waals surface area contributed by atoms with E-state index in [2.05, 4.69) is 20.7 Å². The number of aliphatic carboxylic acids is 1. The molecule has 0 radical (unpaired) electrons. The van der Waals surface area contributed by atoms with Crippen molar-refractivity contribution in [3.05, 3.63) is 27.7 Å². The monoisotopic (exact) mass is 397 g/mol. The summed E-state index contributed by atoms with van der Waals surface area (Å²) in [5, 5.41) is 9.63. The van der Waals surface area contributed by atoms with Gasteiger partial charge in [-0.05, 0) is 41.1 Å². The molecule has 2 atom stereocenters. The lowest BCUT2D eigenvalue weighted by Crippen LogP contribution is -2.49. The predicted octanol–water partition coefficient (Wildman–Crippen LogP) is 1.87. The van der Waals surface area contributed by atoms with Crippen LogP contribution in [-0.4, -0.2) is 38.7 Å². The largest absolute Gasteiger partial charge is 0.481 e. The number of nitrogens with one attached hydrogen (secondary N) is 1. The highest BCUT2D eigenvalue weighted by Crippen LogP contribution is 2.31. The van der Waals surface area contributed by atoms with Gasteiger partial charge in [-0.15, -0.1) is 0 Å². The number of carbonyl (C=O) groups is 1. The molecule has 2 rings (SSSR count). The molecule has 0 aromatic heterocycles. The quantitative estimate of drug-likeness (QED) is 0.808. The summed E-state index contributed by atoms with van der Waals surface area (Å²) in [7, 11) is -3.87. The van der Waals surface area contributed by atoms with Crippen molar-refractivity contribution in [1.82, 2.24) is 4.72 Å². The van der Waals surface area contributed by atoms with Gasteiger partial charge in [0.15, 0.2) is 0 Å². The average Bonchev–Trinajstić information content (AvgIpc) is 2.75. The Morgan fingerprint density at radius 1 is 1.57 bits per heavy atom. The lowest BCUT2D eigenvalue weighted by Gasteiger charge is -2.25. The van der Waals surface area contributed by atoms with Crippen molar-refractivity contribution in [2.75, 3.05) is 13.2 Å². The van der Waals surface area contributed by atoms with Crippen LogP contribution >= 0.6 is 27.5 Å². The van der Waals surface area contributed by atoms with Crippen LogP contribution in [0.5, 0.6) is 0 Å². The molecule has 2 N–H and O–H groups in total. The second kappa shape index (κ2) is 5.85. The van der Waals surface area contributed by atoms with Crippen LogP contribution in [0.15, 0.2) is 27.6 Å². The Labute approximate surface area is 135 Å². The van der Waals surface area contributed by atoms with E-state index in [0.717, 1.165) is 0 Å². The van der Waals surface area contributed by atoms with Gasteiger partial charge in [-0.3, -0.25) is 4.79 Å². The fraction of sp³-hybridized carbons (Fsp3) is 0.417. The zero-order valence-electron chi connectivity index (χ0n) is 11.0. The molecule has 6 nitrogen and oxygen atoms in total. The summed E-state index contributed by atoms with van der Waals surface area (Å²) < 4.78 is 32.6. The van der Waals surface area contributed by atoms with Crippen LogP contribution in [0.3, 0.4) is 0 Å². The Morgan fingerprint density at radius 3 is 2.81 bits per heavy atom. The summed E-state index contributed by atoms with van der Waals surface area (Å²) in [6.45, 7) is 1.42. The van der Waals surface area contributed by atoms with Gasteiger partial charge in [0.1, 0.15) is 5.41 Å². The summed E-state index contributed by atoms with van der Waals surface area (Å²) in [4.78, 5) is 11.3. The second-order valence-electron chi connectivity index (χ2n) is 4.99. The maximum atomic E-state index is 12.3. The predicted molar refractivity (Wildman–Crippen MR) is 79.8 cm³/mol. The van der Waals surface area contributed by atoms with E-state index in [1.54, 1.807) is 0 Å². The highest BCUT2D eigenvalue weighted by Gasteiger charge is 2.48. The van der Waals surface area contributed by atoms with E-state index >= 15 is 0 Å². The van der Waals surface area contributed by atoms with Gasteiger partial charge in [0.25, 0.3) is 0 Å². The van der Waals surface area contributed by atoms with Crippen LogP contribution in [0.4, 0.5) is 0 Å². The zero-order valence-corrected chi connectivity index (χ0v) is 14.1. The van der Waals surface area contributed by atoms with Crippen molar-refractivity contribution in [1.29, 1.82) is 0 Å². The Bertz CT molecular complexity index is 680. The van der Waals surface area contributed by atoms with Crippen molar-refractivity contribution in [2.45, 2.75) is 17.9 Å². The summed E-state index contributed by atoms with van der Waals surface area (Å²) >= 11 is 8.98. The van der Waals surface area contributed by atoms with Crippen molar-refractivity contribution >= 4 is 43.5 Å². The van der Waals surface area contributed by atoms with Gasteiger partial charge in [0, 0.05) is 4.47 Å². The second-order valence-corrected chi connectivity index (χ2v) is 7.96. The normalized spacial score (nSPS) is 26.0. The number of carboxylic acids is 1.